The van der Waals surface area contributed by atoms with Crippen LogP contribution < -0.4 is 24.4 Å². The highest BCUT2D eigenvalue weighted by Gasteiger charge is 2.33. The van der Waals surface area contributed by atoms with Crippen LogP contribution in [0.1, 0.15) is 63.3 Å². The minimum absolute atomic E-state index is 0.209. The lowest BCUT2D eigenvalue weighted by molar-refractivity contribution is -0.145. The van der Waals surface area contributed by atoms with E-state index in [1.54, 1.807) is 49.6 Å². The summed E-state index contributed by atoms with van der Waals surface area (Å²) in [6.45, 7) is 9.68. The summed E-state index contributed by atoms with van der Waals surface area (Å²) < 4.78 is 23.3. The van der Waals surface area contributed by atoms with Gasteiger partial charge in [0, 0.05) is 0 Å². The third kappa shape index (κ3) is 6.43. The average molecular weight is 579 g/mol. The molecule has 0 N–H and O–H groups in total. The molecule has 0 radical (unpaired) electrons. The summed E-state index contributed by atoms with van der Waals surface area (Å²) in [7, 11) is 1.49. The smallest absolute Gasteiger partial charge is 0.344 e. The molecule has 1 unspecified atom stereocenters. The Labute approximate surface area is 242 Å². The number of esters is 2. The van der Waals surface area contributed by atoms with Crippen molar-refractivity contribution >= 4 is 29.4 Å². The quantitative estimate of drug-likeness (QED) is 0.336. The van der Waals surface area contributed by atoms with Crippen molar-refractivity contribution in [1.82, 2.24) is 4.57 Å². The van der Waals surface area contributed by atoms with Gasteiger partial charge in [-0.15, -0.1) is 0 Å². The van der Waals surface area contributed by atoms with E-state index in [0.29, 0.717) is 43.6 Å². The van der Waals surface area contributed by atoms with Crippen LogP contribution in [0, 0.1) is 0 Å². The Morgan fingerprint density at radius 1 is 1.05 bits per heavy atom. The first-order chi connectivity index (χ1) is 19.7. The molecule has 2 heterocycles. The zero-order valence-electron chi connectivity index (χ0n) is 24.1. The van der Waals surface area contributed by atoms with E-state index in [2.05, 4.69) is 18.8 Å². The molecular formula is C31H34N2O7S. The predicted molar refractivity (Wildman–Crippen MR) is 156 cm³/mol. The molecule has 41 heavy (non-hydrogen) atoms. The van der Waals surface area contributed by atoms with Gasteiger partial charge in [-0.3, -0.25) is 9.36 Å². The summed E-state index contributed by atoms with van der Waals surface area (Å²) in [5.41, 5.74) is 3.22. The van der Waals surface area contributed by atoms with Crippen molar-refractivity contribution in [3.05, 3.63) is 90.1 Å². The number of carbonyl (C=O) groups is 2. The lowest BCUT2D eigenvalue weighted by atomic mass is 9.93. The molecule has 0 saturated heterocycles. The Balaban J connectivity index is 1.79. The molecular weight excluding hydrogens is 544 g/mol. The molecule has 3 aromatic rings. The number of allylic oxidation sites excluding steroid dienone is 1. The second-order valence-electron chi connectivity index (χ2n) is 9.63. The van der Waals surface area contributed by atoms with Gasteiger partial charge < -0.3 is 18.9 Å². The molecule has 2 aromatic carbocycles. The van der Waals surface area contributed by atoms with Crippen LogP contribution >= 0.6 is 11.3 Å². The molecule has 0 bridgehead atoms. The van der Waals surface area contributed by atoms with E-state index in [1.165, 1.54) is 18.4 Å². The Hall–Kier alpha value is -4.18. The molecule has 4 rings (SSSR count). The maximum Gasteiger partial charge on any atom is 0.344 e. The van der Waals surface area contributed by atoms with E-state index in [9.17, 15) is 14.4 Å². The summed E-state index contributed by atoms with van der Waals surface area (Å²) in [4.78, 5) is 43.8. The Bertz CT molecular complexity index is 1650. The zero-order valence-corrected chi connectivity index (χ0v) is 24.9. The van der Waals surface area contributed by atoms with Crippen molar-refractivity contribution in [3.8, 4) is 11.5 Å². The molecule has 1 atom stereocenters. The van der Waals surface area contributed by atoms with Gasteiger partial charge in [0.15, 0.2) is 22.9 Å². The second kappa shape index (κ2) is 13.0. The van der Waals surface area contributed by atoms with Gasteiger partial charge in [-0.25, -0.2) is 14.6 Å². The number of ether oxygens (including phenoxy) is 4. The monoisotopic (exact) mass is 578 g/mol. The number of methoxy groups -OCH3 is 1. The molecule has 0 fully saturated rings. The number of rotatable bonds is 10. The minimum atomic E-state index is -0.679. The largest absolute Gasteiger partial charge is 0.493 e. The molecule has 216 valence electrons. The van der Waals surface area contributed by atoms with Crippen LogP contribution in [0.5, 0.6) is 11.5 Å². The van der Waals surface area contributed by atoms with E-state index in [4.69, 9.17) is 18.9 Å². The summed E-state index contributed by atoms with van der Waals surface area (Å²) >= 11 is 1.24. The van der Waals surface area contributed by atoms with E-state index in [0.717, 1.165) is 11.1 Å². The molecule has 0 aliphatic carbocycles. The standard InChI is InChI=1S/C31H34N2O7S/c1-7-38-26(34)17-40-23-14-9-20(15-24(23)37-6)16-25-29(35)33-28(22-12-10-21(11-13-22)18(3)4)27(30(36)39-8-2)19(5)32-31(33)41-25/h9-16,18,28H,7-8,17H2,1-6H3. The molecule has 0 spiro atoms. The van der Waals surface area contributed by atoms with Gasteiger partial charge in [0.1, 0.15) is 0 Å². The molecule has 9 nitrogen and oxygen atoms in total. The fourth-order valence-corrected chi connectivity index (χ4v) is 5.60. The predicted octanol–water partition coefficient (Wildman–Crippen LogP) is 3.87. The SMILES string of the molecule is CCOC(=O)COc1ccc(C=c2sc3n(c2=O)C(c2ccc(C(C)C)cc2)C(C(=O)OCC)=C(C)N=3)cc1OC. The fraction of sp³-hybridized carbons (Fsp3) is 0.355. The summed E-state index contributed by atoms with van der Waals surface area (Å²) in [5, 5.41) is 0. The average Bonchev–Trinajstić information content (AvgIpc) is 3.25. The highest BCUT2D eigenvalue weighted by molar-refractivity contribution is 7.07. The van der Waals surface area contributed by atoms with Gasteiger partial charge in [-0.05, 0) is 61.6 Å². The lowest BCUT2D eigenvalue weighted by Crippen LogP contribution is -2.39. The maximum atomic E-state index is 13.9. The fourth-order valence-electron chi connectivity index (χ4n) is 4.55. The van der Waals surface area contributed by atoms with E-state index in [1.807, 2.05) is 24.3 Å². The van der Waals surface area contributed by atoms with Crippen molar-refractivity contribution in [2.24, 2.45) is 4.99 Å². The normalized spacial score (nSPS) is 14.9. The summed E-state index contributed by atoms with van der Waals surface area (Å²) in [5.74, 6) is 0.139. The molecule has 0 amide bonds. The zero-order chi connectivity index (χ0) is 29.7. The highest BCUT2D eigenvalue weighted by atomic mass is 32.1. The summed E-state index contributed by atoms with van der Waals surface area (Å²) in [6, 6.07) is 12.4. The number of carbonyl (C=O) groups excluding carboxylic acids is 2. The van der Waals surface area contributed by atoms with Crippen molar-refractivity contribution in [2.45, 2.75) is 46.6 Å². The van der Waals surface area contributed by atoms with Crippen molar-refractivity contribution < 1.29 is 28.5 Å². The van der Waals surface area contributed by atoms with Gasteiger partial charge >= 0.3 is 11.9 Å². The number of nitrogens with zero attached hydrogens (tertiary/aromatic N) is 2. The van der Waals surface area contributed by atoms with Crippen LogP contribution in [-0.4, -0.2) is 43.4 Å². The van der Waals surface area contributed by atoms with E-state index < -0.39 is 18.0 Å². The maximum absolute atomic E-state index is 13.9. The number of benzene rings is 2. The van der Waals surface area contributed by atoms with Gasteiger partial charge in [0.05, 0.1) is 42.2 Å². The van der Waals surface area contributed by atoms with Crippen molar-refractivity contribution in [3.63, 3.8) is 0 Å². The van der Waals surface area contributed by atoms with Gasteiger partial charge in [0.25, 0.3) is 5.56 Å². The van der Waals surface area contributed by atoms with Crippen LogP contribution in [0.3, 0.4) is 0 Å². The van der Waals surface area contributed by atoms with Gasteiger partial charge in [-0.2, -0.15) is 0 Å². The first-order valence-electron chi connectivity index (χ1n) is 13.4. The van der Waals surface area contributed by atoms with Gasteiger partial charge in [0.2, 0.25) is 0 Å². The Morgan fingerprint density at radius 3 is 2.39 bits per heavy atom. The van der Waals surface area contributed by atoms with Crippen LogP contribution in [-0.2, 0) is 19.1 Å². The number of aromatic nitrogens is 1. The molecule has 1 aliphatic rings. The van der Waals surface area contributed by atoms with Gasteiger partial charge in [-0.1, -0.05) is 55.5 Å². The second-order valence-corrected chi connectivity index (χ2v) is 10.6. The first-order valence-corrected chi connectivity index (χ1v) is 14.3. The Kier molecular flexibility index (Phi) is 9.44. The summed E-state index contributed by atoms with van der Waals surface area (Å²) in [6.07, 6.45) is 1.74. The highest BCUT2D eigenvalue weighted by Crippen LogP contribution is 2.32. The van der Waals surface area contributed by atoms with E-state index >= 15 is 0 Å². The van der Waals surface area contributed by atoms with E-state index in [-0.39, 0.29) is 25.4 Å². The van der Waals surface area contributed by atoms with Crippen LogP contribution in [0.15, 0.2) is 63.5 Å². The molecule has 10 heteroatoms. The molecule has 0 saturated carbocycles. The number of hydrogen-bond acceptors (Lipinski definition) is 9. The topological polar surface area (TPSA) is 105 Å². The molecule has 1 aromatic heterocycles. The van der Waals surface area contributed by atoms with Crippen molar-refractivity contribution in [1.29, 1.82) is 0 Å². The van der Waals surface area contributed by atoms with Crippen LogP contribution in [0.2, 0.25) is 0 Å². The van der Waals surface area contributed by atoms with Crippen LogP contribution in [0.4, 0.5) is 0 Å². The number of hydrogen-bond donors (Lipinski definition) is 0. The minimum Gasteiger partial charge on any atom is -0.493 e. The number of thiazole rings is 1. The van der Waals surface area contributed by atoms with Crippen LogP contribution in [0.25, 0.3) is 6.08 Å². The third-order valence-corrected chi connectivity index (χ3v) is 7.56. The molecule has 1 aliphatic heterocycles. The van der Waals surface area contributed by atoms with Crippen molar-refractivity contribution in [2.75, 3.05) is 26.9 Å². The Morgan fingerprint density at radius 2 is 1.76 bits per heavy atom. The first kappa shape index (κ1) is 29.8. The third-order valence-electron chi connectivity index (χ3n) is 6.57. The lowest BCUT2D eigenvalue weighted by Gasteiger charge is -2.25. The number of fused-ring (bicyclic) bond motifs is 1.